The highest BCUT2D eigenvalue weighted by molar-refractivity contribution is 6.21. The van der Waals surface area contributed by atoms with E-state index in [1.807, 2.05) is 18.2 Å². The number of hydrogen-bond donors (Lipinski definition) is 0. The van der Waals surface area contributed by atoms with Crippen LogP contribution < -0.4 is 0 Å². The minimum absolute atomic E-state index is 0.0331. The van der Waals surface area contributed by atoms with Crippen molar-refractivity contribution in [2.75, 3.05) is 0 Å². The molecule has 0 fully saturated rings. The van der Waals surface area contributed by atoms with Gasteiger partial charge in [0.2, 0.25) is 0 Å². The third kappa shape index (κ3) is 1.31. The van der Waals surface area contributed by atoms with Crippen LogP contribution in [0, 0.1) is 16.7 Å². The quantitative estimate of drug-likeness (QED) is 0.596. The molecular formula is C12H12ClN. The van der Waals surface area contributed by atoms with Gasteiger partial charge in [0.25, 0.3) is 0 Å². The second-order valence-corrected chi connectivity index (χ2v) is 4.99. The number of hydrogen-bond acceptors (Lipinski definition) is 1. The van der Waals surface area contributed by atoms with Crippen molar-refractivity contribution in [3.63, 3.8) is 0 Å². The molecule has 14 heavy (non-hydrogen) atoms. The van der Waals surface area contributed by atoms with E-state index >= 15 is 0 Å². The van der Waals surface area contributed by atoms with Crippen LogP contribution in [-0.2, 0) is 6.42 Å². The number of rotatable bonds is 0. The lowest BCUT2D eigenvalue weighted by molar-refractivity contribution is 0.379. The van der Waals surface area contributed by atoms with E-state index in [-0.39, 0.29) is 10.8 Å². The topological polar surface area (TPSA) is 23.8 Å². The fraction of sp³-hybridized carbons (Fsp3) is 0.417. The van der Waals surface area contributed by atoms with E-state index in [1.165, 1.54) is 5.56 Å². The number of nitrogens with zero attached hydrogens (tertiary/aromatic N) is 1. The van der Waals surface area contributed by atoms with E-state index in [4.69, 9.17) is 16.9 Å². The normalized spacial score (nSPS) is 22.9. The van der Waals surface area contributed by atoms with Crippen LogP contribution in [0.3, 0.4) is 0 Å². The van der Waals surface area contributed by atoms with Gasteiger partial charge in [-0.2, -0.15) is 5.26 Å². The molecule has 1 atom stereocenters. The first-order chi connectivity index (χ1) is 6.54. The third-order valence-electron chi connectivity index (χ3n) is 2.88. The summed E-state index contributed by atoms with van der Waals surface area (Å²) >= 11 is 6.35. The molecule has 1 nitrogen and oxygen atoms in total. The molecule has 72 valence electrons. The Morgan fingerprint density at radius 3 is 2.86 bits per heavy atom. The SMILES string of the molecule is CC1(C)Cc2ccc(C#N)cc2C1Cl. The van der Waals surface area contributed by atoms with Gasteiger partial charge < -0.3 is 0 Å². The molecule has 0 aliphatic heterocycles. The predicted molar refractivity (Wildman–Crippen MR) is 57.2 cm³/mol. The van der Waals surface area contributed by atoms with Crippen LogP contribution >= 0.6 is 11.6 Å². The molecule has 2 rings (SSSR count). The smallest absolute Gasteiger partial charge is 0.0991 e. The summed E-state index contributed by atoms with van der Waals surface area (Å²) in [6, 6.07) is 7.96. The summed E-state index contributed by atoms with van der Waals surface area (Å²) < 4.78 is 0. The van der Waals surface area contributed by atoms with Gasteiger partial charge in [0.05, 0.1) is 17.0 Å². The van der Waals surface area contributed by atoms with E-state index in [9.17, 15) is 0 Å². The lowest BCUT2D eigenvalue weighted by Crippen LogP contribution is -2.12. The van der Waals surface area contributed by atoms with E-state index in [1.54, 1.807) is 0 Å². The zero-order valence-electron chi connectivity index (χ0n) is 8.34. The fourth-order valence-electron chi connectivity index (χ4n) is 2.06. The molecule has 0 saturated heterocycles. The number of fused-ring (bicyclic) bond motifs is 1. The zero-order valence-corrected chi connectivity index (χ0v) is 9.10. The van der Waals surface area contributed by atoms with Crippen LogP contribution in [0.25, 0.3) is 0 Å². The van der Waals surface area contributed by atoms with Gasteiger partial charge in [-0.1, -0.05) is 19.9 Å². The van der Waals surface area contributed by atoms with Crippen molar-refractivity contribution in [1.82, 2.24) is 0 Å². The standard InChI is InChI=1S/C12H12ClN/c1-12(2)6-9-4-3-8(7-14)5-10(9)11(12)13/h3-5,11H,6H2,1-2H3. The first-order valence-corrected chi connectivity index (χ1v) is 5.15. The Balaban J connectivity index is 2.52. The molecule has 2 heteroatoms. The summed E-state index contributed by atoms with van der Waals surface area (Å²) in [6.07, 6.45) is 1.00. The minimum Gasteiger partial charge on any atom is -0.192 e. The van der Waals surface area contributed by atoms with E-state index in [0.29, 0.717) is 5.56 Å². The molecule has 1 aliphatic rings. The van der Waals surface area contributed by atoms with Gasteiger partial charge in [0.15, 0.2) is 0 Å². The summed E-state index contributed by atoms with van der Waals surface area (Å²) in [5, 5.41) is 8.83. The van der Waals surface area contributed by atoms with Crippen molar-refractivity contribution in [3.05, 3.63) is 34.9 Å². The molecule has 0 aromatic heterocycles. The molecular weight excluding hydrogens is 194 g/mol. The van der Waals surface area contributed by atoms with Gasteiger partial charge in [0.1, 0.15) is 0 Å². The highest BCUT2D eigenvalue weighted by Gasteiger charge is 2.37. The third-order valence-corrected chi connectivity index (χ3v) is 3.71. The Labute approximate surface area is 89.3 Å². The van der Waals surface area contributed by atoms with Crippen LogP contribution in [0.15, 0.2) is 18.2 Å². The highest BCUT2D eigenvalue weighted by Crippen LogP contribution is 2.49. The fourth-order valence-corrected chi connectivity index (χ4v) is 2.34. The second-order valence-electron chi connectivity index (χ2n) is 4.55. The Bertz CT molecular complexity index is 415. The molecule has 0 heterocycles. The minimum atomic E-state index is 0.0331. The Morgan fingerprint density at radius 2 is 2.21 bits per heavy atom. The number of nitriles is 1. The molecule has 1 aliphatic carbocycles. The molecule has 0 radical (unpaired) electrons. The molecule has 1 aromatic rings. The first kappa shape index (κ1) is 9.55. The van der Waals surface area contributed by atoms with Crippen LogP contribution in [-0.4, -0.2) is 0 Å². The van der Waals surface area contributed by atoms with Gasteiger partial charge >= 0.3 is 0 Å². The number of halogens is 1. The molecule has 0 bridgehead atoms. The molecule has 0 saturated carbocycles. The highest BCUT2D eigenvalue weighted by atomic mass is 35.5. The van der Waals surface area contributed by atoms with Gasteiger partial charge in [-0.05, 0) is 35.1 Å². The van der Waals surface area contributed by atoms with E-state index in [2.05, 4.69) is 19.9 Å². The predicted octanol–water partition coefficient (Wildman–Crippen LogP) is 3.42. The van der Waals surface area contributed by atoms with Gasteiger partial charge in [0, 0.05) is 0 Å². The molecule has 0 amide bonds. The lowest BCUT2D eigenvalue weighted by atomic mass is 9.90. The van der Waals surface area contributed by atoms with Crippen molar-refractivity contribution in [3.8, 4) is 6.07 Å². The van der Waals surface area contributed by atoms with Gasteiger partial charge in [-0.3, -0.25) is 0 Å². The van der Waals surface area contributed by atoms with Crippen LogP contribution in [0.1, 0.15) is 35.9 Å². The van der Waals surface area contributed by atoms with Crippen LogP contribution in [0.5, 0.6) is 0 Å². The molecule has 1 aromatic carbocycles. The Kier molecular flexibility index (Phi) is 2.05. The molecule has 0 N–H and O–H groups in total. The maximum atomic E-state index is 8.79. The summed E-state index contributed by atoms with van der Waals surface area (Å²) in [6.45, 7) is 4.33. The monoisotopic (exact) mass is 205 g/mol. The summed E-state index contributed by atoms with van der Waals surface area (Å²) in [7, 11) is 0. The van der Waals surface area contributed by atoms with Crippen molar-refractivity contribution < 1.29 is 0 Å². The molecule has 1 unspecified atom stereocenters. The van der Waals surface area contributed by atoms with Crippen LogP contribution in [0.4, 0.5) is 0 Å². The lowest BCUT2D eigenvalue weighted by Gasteiger charge is -2.21. The van der Waals surface area contributed by atoms with E-state index in [0.717, 1.165) is 12.0 Å². The molecule has 0 spiro atoms. The van der Waals surface area contributed by atoms with Crippen molar-refractivity contribution >= 4 is 11.6 Å². The Morgan fingerprint density at radius 1 is 1.50 bits per heavy atom. The van der Waals surface area contributed by atoms with Crippen LogP contribution in [0.2, 0.25) is 0 Å². The maximum absolute atomic E-state index is 8.79. The maximum Gasteiger partial charge on any atom is 0.0991 e. The summed E-state index contributed by atoms with van der Waals surface area (Å²) in [5.74, 6) is 0. The summed E-state index contributed by atoms with van der Waals surface area (Å²) in [4.78, 5) is 0. The Hall–Kier alpha value is -1.00. The van der Waals surface area contributed by atoms with Crippen molar-refractivity contribution in [2.45, 2.75) is 25.6 Å². The second kappa shape index (κ2) is 3.00. The largest absolute Gasteiger partial charge is 0.192 e. The number of alkyl halides is 1. The average molecular weight is 206 g/mol. The summed E-state index contributed by atoms with van der Waals surface area (Å²) in [5.41, 5.74) is 3.23. The van der Waals surface area contributed by atoms with Crippen molar-refractivity contribution in [1.29, 1.82) is 5.26 Å². The van der Waals surface area contributed by atoms with Crippen molar-refractivity contribution in [2.24, 2.45) is 5.41 Å². The zero-order chi connectivity index (χ0) is 10.3. The first-order valence-electron chi connectivity index (χ1n) is 4.71. The number of benzene rings is 1. The van der Waals surface area contributed by atoms with Gasteiger partial charge in [-0.15, -0.1) is 11.6 Å². The van der Waals surface area contributed by atoms with Gasteiger partial charge in [-0.25, -0.2) is 0 Å². The van der Waals surface area contributed by atoms with E-state index < -0.39 is 0 Å². The average Bonchev–Trinajstić information content (AvgIpc) is 2.38.